The van der Waals surface area contributed by atoms with Crippen molar-refractivity contribution in [2.24, 2.45) is 5.16 Å². The highest BCUT2D eigenvalue weighted by Gasteiger charge is 2.54. The van der Waals surface area contributed by atoms with Crippen LogP contribution in [0.1, 0.15) is 25.1 Å². The number of carbonyl (C=O) groups excluding carboxylic acids is 2. The number of fused-ring (bicyclic) bond motifs is 1. The predicted molar refractivity (Wildman–Crippen MR) is 150 cm³/mol. The van der Waals surface area contributed by atoms with Gasteiger partial charge in [0.2, 0.25) is 11.4 Å². The minimum Gasteiger partial charge on any atom is -0.478 e. The average molecular weight is 625 g/mol. The molecule has 2 aromatic heterocycles. The van der Waals surface area contributed by atoms with Gasteiger partial charge >= 0.3 is 17.1 Å². The fraction of sp³-hybridized carbons (Fsp3) is 0.364. The van der Waals surface area contributed by atoms with Crippen LogP contribution in [0, 0.1) is 6.92 Å². The molecule has 41 heavy (non-hydrogen) atoms. The van der Waals surface area contributed by atoms with Gasteiger partial charge in [0.15, 0.2) is 10.8 Å². The summed E-state index contributed by atoms with van der Waals surface area (Å²) in [5.41, 5.74) is 10.3. The van der Waals surface area contributed by atoms with Crippen molar-refractivity contribution in [3.05, 3.63) is 34.1 Å². The normalized spacial score (nSPS) is 19.0. The van der Waals surface area contributed by atoms with Crippen molar-refractivity contribution in [3.8, 4) is 0 Å². The maximum atomic E-state index is 13.2. The first-order chi connectivity index (χ1) is 19.2. The number of thioether (sulfide) groups is 2. The second-order valence-corrected chi connectivity index (χ2v) is 12.3. The molecule has 0 radical (unpaired) electrons. The highest BCUT2D eigenvalue weighted by atomic mass is 32.2. The van der Waals surface area contributed by atoms with Gasteiger partial charge in [0, 0.05) is 16.9 Å². The molecule has 9 N–H and O–H groups in total. The van der Waals surface area contributed by atoms with E-state index in [9.17, 15) is 29.4 Å². The van der Waals surface area contributed by atoms with Gasteiger partial charge in [-0.05, 0) is 43.1 Å². The van der Waals surface area contributed by atoms with Gasteiger partial charge in [0.05, 0.1) is 5.56 Å². The Morgan fingerprint density at radius 2 is 2.02 bits per heavy atom. The van der Waals surface area contributed by atoms with E-state index >= 15 is 0 Å². The molecule has 1 saturated heterocycles. The fourth-order valence-corrected chi connectivity index (χ4v) is 6.57. The third-order valence-electron chi connectivity index (χ3n) is 5.95. The molecule has 4 heterocycles. The zero-order valence-electron chi connectivity index (χ0n) is 21.9. The number of anilines is 2. The summed E-state index contributed by atoms with van der Waals surface area (Å²) in [5, 5.41) is 26.7. The largest absolute Gasteiger partial charge is 0.478 e. The maximum absolute atomic E-state index is 13.2. The molecular formula is C22H26N9O7S3+. The molecule has 2 aliphatic rings. The van der Waals surface area contributed by atoms with Crippen molar-refractivity contribution in [2.75, 3.05) is 28.8 Å². The number of aromatic nitrogens is 3. The first-order valence-corrected chi connectivity index (χ1v) is 14.6. The van der Waals surface area contributed by atoms with E-state index in [2.05, 4.69) is 20.4 Å². The lowest BCUT2D eigenvalue weighted by Crippen LogP contribution is -2.71. The Morgan fingerprint density at radius 3 is 2.63 bits per heavy atom. The molecule has 0 spiro atoms. The molecule has 16 nitrogen and oxygen atoms in total. The smallest absolute Gasteiger partial charge is 0.384 e. The number of amides is 2. The maximum Gasteiger partial charge on any atom is 0.384 e. The minimum absolute atomic E-state index is 0.0130. The SMILES string of the molecule is Cc1c[n+](N)c(SCC2=C(C(=O)O)N3C(=O)C(NC(=O)/C(=N\OC(C)(C)C(=O)O)c4csc(N)n4)[C@H]3SC2)nc1N. The Labute approximate surface area is 245 Å². The van der Waals surface area contributed by atoms with Gasteiger partial charge in [0.1, 0.15) is 29.0 Å². The number of aryl methyl sites for hydroxylation is 1. The molecule has 0 bridgehead atoms. The third kappa shape index (κ3) is 6.00. The van der Waals surface area contributed by atoms with Crippen LogP contribution in [-0.4, -0.2) is 83.1 Å². The molecule has 218 valence electrons. The second-order valence-electron chi connectivity index (χ2n) is 9.32. The molecule has 0 aromatic carbocycles. The van der Waals surface area contributed by atoms with E-state index in [1.165, 1.54) is 47.4 Å². The van der Waals surface area contributed by atoms with E-state index in [-0.39, 0.29) is 33.8 Å². The number of hydrogen-bond acceptors (Lipinski definition) is 14. The van der Waals surface area contributed by atoms with Crippen molar-refractivity contribution in [1.29, 1.82) is 0 Å². The number of nitrogen functional groups attached to an aromatic ring is 3. The lowest BCUT2D eigenvalue weighted by Gasteiger charge is -2.49. The van der Waals surface area contributed by atoms with Crippen molar-refractivity contribution < 1.29 is 38.9 Å². The molecule has 0 aliphatic carbocycles. The van der Waals surface area contributed by atoms with Gasteiger partial charge in [-0.2, -0.15) is 0 Å². The lowest BCUT2D eigenvalue weighted by molar-refractivity contribution is -0.682. The number of carboxylic acids is 2. The van der Waals surface area contributed by atoms with Crippen LogP contribution in [0.2, 0.25) is 0 Å². The summed E-state index contributed by atoms with van der Waals surface area (Å²) in [7, 11) is 0. The van der Waals surface area contributed by atoms with Gasteiger partial charge < -0.3 is 31.8 Å². The van der Waals surface area contributed by atoms with Crippen molar-refractivity contribution in [3.63, 3.8) is 0 Å². The number of rotatable bonds is 10. The van der Waals surface area contributed by atoms with Crippen LogP contribution in [0.5, 0.6) is 0 Å². The monoisotopic (exact) mass is 624 g/mol. The van der Waals surface area contributed by atoms with E-state index in [1.807, 2.05) is 0 Å². The molecule has 2 aliphatic heterocycles. The molecule has 4 rings (SSSR count). The number of hydrogen-bond donors (Lipinski definition) is 6. The van der Waals surface area contributed by atoms with Gasteiger partial charge in [-0.3, -0.25) is 20.3 Å². The first-order valence-electron chi connectivity index (χ1n) is 11.7. The van der Waals surface area contributed by atoms with Gasteiger partial charge in [-0.1, -0.05) is 5.16 Å². The number of nitrogens with one attached hydrogen (secondary N) is 1. The highest BCUT2D eigenvalue weighted by molar-refractivity contribution is 8.01. The van der Waals surface area contributed by atoms with Gasteiger partial charge in [-0.15, -0.1) is 27.8 Å². The number of carbonyl (C=O) groups is 4. The molecule has 0 saturated carbocycles. The molecule has 1 fully saturated rings. The second kappa shape index (κ2) is 11.4. The van der Waals surface area contributed by atoms with Crippen LogP contribution in [0.25, 0.3) is 0 Å². The van der Waals surface area contributed by atoms with Crippen LogP contribution in [-0.2, 0) is 24.0 Å². The number of oxime groups is 1. The zero-order valence-corrected chi connectivity index (χ0v) is 24.3. The first kappa shape index (κ1) is 29.9. The van der Waals surface area contributed by atoms with Crippen molar-refractivity contribution >= 4 is 75.3 Å². The Bertz CT molecular complexity index is 1510. The lowest BCUT2D eigenvalue weighted by atomic mass is 10.0. The third-order valence-corrected chi connectivity index (χ3v) is 9.01. The molecule has 1 unspecified atom stereocenters. The summed E-state index contributed by atoms with van der Waals surface area (Å²) in [4.78, 5) is 64.4. The van der Waals surface area contributed by atoms with Gasteiger partial charge in [-0.25, -0.2) is 14.6 Å². The van der Waals surface area contributed by atoms with Crippen molar-refractivity contribution in [1.82, 2.24) is 20.2 Å². The number of carboxylic acid groups (broad SMARTS) is 2. The standard InChI is InChI=1S/C22H25N9O7S3/c1-8-4-30(25)21(28-14(8)23)41-6-9-5-39-17-12(16(33)31(17)13(9)18(34)35)27-15(32)11(10-7-40-20(24)26-10)29-38-22(2,3)19(36)37/h4,7,12,17,23H,5-6,25H2,1-3H3,(H5,24,26,27,32,34,35,36,37)/p+1/b29-11-/t12?,17-/m1/s1. The van der Waals surface area contributed by atoms with E-state index in [4.69, 9.17) is 22.1 Å². The van der Waals surface area contributed by atoms with E-state index < -0.39 is 46.5 Å². The number of thiazole rings is 1. The highest BCUT2D eigenvalue weighted by Crippen LogP contribution is 2.41. The fourth-order valence-electron chi connectivity index (χ4n) is 3.64. The summed E-state index contributed by atoms with van der Waals surface area (Å²) in [6.45, 7) is 4.23. The Hall–Kier alpha value is -4.10. The number of nitrogens with two attached hydrogens (primary N) is 3. The molecule has 2 amide bonds. The quantitative estimate of drug-likeness (QED) is 0.0357. The summed E-state index contributed by atoms with van der Waals surface area (Å²) in [5.74, 6) is 2.51. The van der Waals surface area contributed by atoms with E-state index in [1.54, 1.807) is 13.1 Å². The number of nitrogens with zero attached hydrogens (tertiary/aromatic N) is 5. The Morgan fingerprint density at radius 1 is 1.32 bits per heavy atom. The predicted octanol–water partition coefficient (Wildman–Crippen LogP) is -0.873. The average Bonchev–Trinajstić information content (AvgIpc) is 3.33. The minimum atomic E-state index is -1.77. The topological polar surface area (TPSA) is 253 Å². The molecule has 2 atom stereocenters. The number of β-lactam (4-membered cyclic amide) rings is 1. The van der Waals surface area contributed by atoms with Crippen LogP contribution in [0.4, 0.5) is 10.9 Å². The van der Waals surface area contributed by atoms with E-state index in [0.29, 0.717) is 16.3 Å². The number of aliphatic carboxylic acids is 2. The summed E-state index contributed by atoms with van der Waals surface area (Å²) < 4.78 is 1.28. The molecular weight excluding hydrogens is 598 g/mol. The van der Waals surface area contributed by atoms with E-state index in [0.717, 1.165) is 16.2 Å². The molecule has 2 aromatic rings. The van der Waals surface area contributed by atoms with Crippen LogP contribution < -0.4 is 27.3 Å². The van der Waals surface area contributed by atoms with Crippen molar-refractivity contribution in [2.45, 2.75) is 42.9 Å². The van der Waals surface area contributed by atoms with Gasteiger partial charge in [0.25, 0.3) is 11.8 Å². The van der Waals surface area contributed by atoms with Crippen LogP contribution in [0.3, 0.4) is 0 Å². The summed E-state index contributed by atoms with van der Waals surface area (Å²) >= 11 is 3.45. The Kier molecular flexibility index (Phi) is 8.31. The Balaban J connectivity index is 1.53. The van der Waals surface area contributed by atoms with Crippen LogP contribution >= 0.6 is 34.9 Å². The summed E-state index contributed by atoms with van der Waals surface area (Å²) in [6.07, 6.45) is 1.60. The molecule has 19 heteroatoms. The summed E-state index contributed by atoms with van der Waals surface area (Å²) in [6, 6.07) is -1.09. The zero-order chi connectivity index (χ0) is 30.2. The van der Waals surface area contributed by atoms with Crippen LogP contribution in [0.15, 0.2) is 33.2 Å².